The molecule has 6 nitrogen and oxygen atoms in total. The molecule has 19 heavy (non-hydrogen) atoms. The number of phenolic OH excluding ortho intramolecular Hbond substituents is 1. The maximum atomic E-state index is 11.5. The third kappa shape index (κ3) is 3.75. The normalized spacial score (nSPS) is 11.8. The molecule has 0 aliphatic rings. The van der Waals surface area contributed by atoms with Crippen LogP contribution in [0.1, 0.15) is 24.9 Å². The van der Waals surface area contributed by atoms with Gasteiger partial charge < -0.3 is 25.1 Å². The van der Waals surface area contributed by atoms with Gasteiger partial charge in [0.05, 0.1) is 32.8 Å². The van der Waals surface area contributed by atoms with Crippen LogP contribution in [-0.4, -0.2) is 31.9 Å². The molecule has 0 saturated carbocycles. The molecule has 6 heteroatoms. The first-order valence-corrected chi connectivity index (χ1v) is 5.89. The molecule has 3 N–H and O–H groups in total. The molecule has 0 aliphatic heterocycles. The lowest BCUT2D eigenvalue weighted by Gasteiger charge is -2.18. The van der Waals surface area contributed by atoms with Crippen molar-refractivity contribution in [3.8, 4) is 17.2 Å². The van der Waals surface area contributed by atoms with E-state index in [-0.39, 0.29) is 12.2 Å². The van der Waals surface area contributed by atoms with E-state index in [4.69, 9.17) is 19.9 Å². The minimum Gasteiger partial charge on any atom is -0.508 e. The molecule has 0 aliphatic carbocycles. The Morgan fingerprint density at radius 1 is 1.32 bits per heavy atom. The molecule has 1 aromatic rings. The number of phenols is 1. The number of ether oxygens (including phenoxy) is 3. The van der Waals surface area contributed by atoms with Crippen LogP contribution in [-0.2, 0) is 9.53 Å². The van der Waals surface area contributed by atoms with Crippen LogP contribution in [0.2, 0.25) is 0 Å². The molecule has 106 valence electrons. The van der Waals surface area contributed by atoms with Crippen molar-refractivity contribution < 1.29 is 24.1 Å². The summed E-state index contributed by atoms with van der Waals surface area (Å²) in [6, 6.07) is 2.20. The Bertz CT molecular complexity index is 422. The van der Waals surface area contributed by atoms with Crippen LogP contribution >= 0.6 is 0 Å². The van der Waals surface area contributed by atoms with Gasteiger partial charge in [-0.25, -0.2) is 0 Å². The number of aromatic hydroxyl groups is 1. The molecule has 0 aromatic heterocycles. The minimum absolute atomic E-state index is 0.000727. The van der Waals surface area contributed by atoms with Crippen molar-refractivity contribution in [2.45, 2.75) is 19.4 Å². The number of esters is 1. The van der Waals surface area contributed by atoms with Crippen molar-refractivity contribution in [3.05, 3.63) is 17.7 Å². The SMILES string of the molecule is CCOC(=O)C[C@H](N)c1c(OC)cc(O)cc1OC. The summed E-state index contributed by atoms with van der Waals surface area (Å²) in [5.74, 6) is 0.343. The zero-order valence-electron chi connectivity index (χ0n) is 11.3. The van der Waals surface area contributed by atoms with Gasteiger partial charge in [-0.2, -0.15) is 0 Å². The summed E-state index contributed by atoms with van der Waals surface area (Å²) >= 11 is 0. The molecule has 0 amide bonds. The molecule has 1 rings (SSSR count). The van der Waals surface area contributed by atoms with Crippen LogP contribution in [0.15, 0.2) is 12.1 Å². The summed E-state index contributed by atoms with van der Waals surface area (Å²) in [5.41, 5.74) is 6.51. The molecule has 0 unspecified atom stereocenters. The standard InChI is InChI=1S/C13H19NO5/c1-4-19-12(16)7-9(14)13-10(17-2)5-8(15)6-11(13)18-3/h5-6,9,15H,4,7,14H2,1-3H3/t9-/m0/s1. The Labute approximate surface area is 112 Å². The van der Waals surface area contributed by atoms with Crippen LogP contribution in [0.4, 0.5) is 0 Å². The Kier molecular flexibility index (Phi) is 5.44. The fourth-order valence-corrected chi connectivity index (χ4v) is 1.79. The third-order valence-electron chi connectivity index (χ3n) is 2.59. The van der Waals surface area contributed by atoms with E-state index in [1.54, 1.807) is 6.92 Å². The fraction of sp³-hybridized carbons (Fsp3) is 0.462. The van der Waals surface area contributed by atoms with E-state index in [1.165, 1.54) is 26.4 Å². The minimum atomic E-state index is -0.635. The zero-order valence-corrected chi connectivity index (χ0v) is 11.3. The van der Waals surface area contributed by atoms with Crippen molar-refractivity contribution in [1.29, 1.82) is 0 Å². The maximum absolute atomic E-state index is 11.5. The fourth-order valence-electron chi connectivity index (χ4n) is 1.79. The van der Waals surface area contributed by atoms with Gasteiger partial charge >= 0.3 is 5.97 Å². The predicted molar refractivity (Wildman–Crippen MR) is 69.4 cm³/mol. The molecule has 0 fully saturated rings. The average molecular weight is 269 g/mol. The van der Waals surface area contributed by atoms with E-state index in [0.717, 1.165) is 0 Å². The molecule has 0 saturated heterocycles. The molecular weight excluding hydrogens is 250 g/mol. The predicted octanol–water partition coefficient (Wildman–Crippen LogP) is 1.36. The summed E-state index contributed by atoms with van der Waals surface area (Å²) in [4.78, 5) is 11.5. The van der Waals surface area contributed by atoms with Crippen LogP contribution < -0.4 is 15.2 Å². The molecule has 0 radical (unpaired) electrons. The van der Waals surface area contributed by atoms with Crippen LogP contribution in [0.5, 0.6) is 17.2 Å². The summed E-state index contributed by atoms with van der Waals surface area (Å²) in [7, 11) is 2.91. The maximum Gasteiger partial charge on any atom is 0.307 e. The molecule has 0 bridgehead atoms. The lowest BCUT2D eigenvalue weighted by Crippen LogP contribution is -2.18. The monoisotopic (exact) mass is 269 g/mol. The highest BCUT2D eigenvalue weighted by molar-refractivity contribution is 5.71. The van der Waals surface area contributed by atoms with Crippen LogP contribution in [0.3, 0.4) is 0 Å². The van der Waals surface area contributed by atoms with Gasteiger partial charge in [0.1, 0.15) is 17.2 Å². The van der Waals surface area contributed by atoms with Gasteiger partial charge in [-0.1, -0.05) is 0 Å². The quantitative estimate of drug-likeness (QED) is 0.758. The summed E-state index contributed by atoms with van der Waals surface area (Å²) < 4.78 is 15.2. The smallest absolute Gasteiger partial charge is 0.307 e. The number of hydrogen-bond donors (Lipinski definition) is 2. The van der Waals surface area contributed by atoms with E-state index >= 15 is 0 Å². The van der Waals surface area contributed by atoms with E-state index in [2.05, 4.69) is 0 Å². The van der Waals surface area contributed by atoms with E-state index < -0.39 is 12.0 Å². The number of hydrogen-bond acceptors (Lipinski definition) is 6. The lowest BCUT2D eigenvalue weighted by atomic mass is 10.0. The highest BCUT2D eigenvalue weighted by atomic mass is 16.5. The second kappa shape index (κ2) is 6.84. The first-order chi connectivity index (χ1) is 9.03. The van der Waals surface area contributed by atoms with E-state index in [0.29, 0.717) is 23.7 Å². The third-order valence-corrected chi connectivity index (χ3v) is 2.59. The Morgan fingerprint density at radius 2 is 1.84 bits per heavy atom. The van der Waals surface area contributed by atoms with Gasteiger partial charge in [-0.15, -0.1) is 0 Å². The number of carbonyl (C=O) groups excluding carboxylic acids is 1. The topological polar surface area (TPSA) is 91.0 Å². The summed E-state index contributed by atoms with van der Waals surface area (Å²) in [6.07, 6.45) is 0.00529. The van der Waals surface area contributed by atoms with Crippen molar-refractivity contribution >= 4 is 5.97 Å². The van der Waals surface area contributed by atoms with Gasteiger partial charge in [-0.3, -0.25) is 4.79 Å². The molecule has 1 aromatic carbocycles. The largest absolute Gasteiger partial charge is 0.508 e. The lowest BCUT2D eigenvalue weighted by molar-refractivity contribution is -0.143. The zero-order chi connectivity index (χ0) is 14.4. The number of methoxy groups -OCH3 is 2. The molecule has 0 heterocycles. The van der Waals surface area contributed by atoms with Crippen molar-refractivity contribution in [2.75, 3.05) is 20.8 Å². The summed E-state index contributed by atoms with van der Waals surface area (Å²) in [6.45, 7) is 2.03. The molecular formula is C13H19NO5. The molecule has 1 atom stereocenters. The molecule has 0 spiro atoms. The number of carbonyl (C=O) groups is 1. The first kappa shape index (κ1) is 15.1. The highest BCUT2D eigenvalue weighted by Gasteiger charge is 2.22. The number of rotatable bonds is 6. The van der Waals surface area contributed by atoms with Gasteiger partial charge in [-0.05, 0) is 6.92 Å². The van der Waals surface area contributed by atoms with Gasteiger partial charge in [0.25, 0.3) is 0 Å². The van der Waals surface area contributed by atoms with Crippen LogP contribution in [0, 0.1) is 0 Å². The second-order valence-electron chi connectivity index (χ2n) is 3.88. The van der Waals surface area contributed by atoms with Crippen molar-refractivity contribution in [1.82, 2.24) is 0 Å². The average Bonchev–Trinajstić information content (AvgIpc) is 2.37. The van der Waals surface area contributed by atoms with Crippen molar-refractivity contribution in [2.24, 2.45) is 5.73 Å². The number of benzene rings is 1. The Morgan fingerprint density at radius 3 is 2.26 bits per heavy atom. The van der Waals surface area contributed by atoms with Gasteiger partial charge in [0.2, 0.25) is 0 Å². The van der Waals surface area contributed by atoms with Gasteiger partial charge in [0.15, 0.2) is 0 Å². The van der Waals surface area contributed by atoms with Crippen LogP contribution in [0.25, 0.3) is 0 Å². The number of nitrogens with two attached hydrogens (primary N) is 1. The van der Waals surface area contributed by atoms with Gasteiger partial charge in [0, 0.05) is 18.2 Å². The highest BCUT2D eigenvalue weighted by Crippen LogP contribution is 2.38. The van der Waals surface area contributed by atoms with Crippen molar-refractivity contribution in [3.63, 3.8) is 0 Å². The second-order valence-corrected chi connectivity index (χ2v) is 3.88. The first-order valence-electron chi connectivity index (χ1n) is 5.89. The van der Waals surface area contributed by atoms with E-state index in [1.807, 2.05) is 0 Å². The Balaban J connectivity index is 3.06. The Hall–Kier alpha value is -1.95. The summed E-state index contributed by atoms with van der Waals surface area (Å²) in [5, 5.41) is 9.54. The van der Waals surface area contributed by atoms with E-state index in [9.17, 15) is 9.90 Å².